The number of nitrogens with one attached hydrogen (secondary N) is 1. The highest BCUT2D eigenvalue weighted by Crippen LogP contribution is 2.39. The maximum Gasteiger partial charge on any atom is 0.307 e. The van der Waals surface area contributed by atoms with Gasteiger partial charge in [-0.1, -0.05) is 6.92 Å². The van der Waals surface area contributed by atoms with Crippen LogP contribution in [0.1, 0.15) is 35.8 Å². The van der Waals surface area contributed by atoms with Gasteiger partial charge in [0.2, 0.25) is 0 Å². The predicted octanol–water partition coefficient (Wildman–Crippen LogP) is 2.72. The molecule has 1 N–H and O–H groups in total. The monoisotopic (exact) mass is 278 g/mol. The highest BCUT2D eigenvalue weighted by molar-refractivity contribution is 7.16. The lowest BCUT2D eigenvalue weighted by Gasteiger charge is -2.17. The molecule has 1 aliphatic rings. The van der Waals surface area contributed by atoms with Crippen molar-refractivity contribution in [1.82, 2.24) is 0 Å². The normalized spacial score (nSPS) is 17.4. The molecule has 2 rings (SSSR count). The van der Waals surface area contributed by atoms with E-state index in [9.17, 15) is 10.1 Å². The van der Waals surface area contributed by atoms with Crippen LogP contribution < -0.4 is 5.32 Å². The Morgan fingerprint density at radius 3 is 3.11 bits per heavy atom. The van der Waals surface area contributed by atoms with E-state index in [-0.39, 0.29) is 5.97 Å². The SMILES string of the molecule is COC(=O)CCNc1sc2c(c1C#N)CCC(C)C2. The van der Waals surface area contributed by atoms with Gasteiger partial charge in [0.05, 0.1) is 19.1 Å². The standard InChI is InChI=1S/C14H18N2O2S/c1-9-3-4-10-11(8-15)14(19-12(10)7-9)16-6-5-13(17)18-2/h9,16H,3-7H2,1-2H3. The van der Waals surface area contributed by atoms with Crippen molar-refractivity contribution in [1.29, 1.82) is 5.26 Å². The Morgan fingerprint density at radius 1 is 1.63 bits per heavy atom. The number of rotatable bonds is 4. The molecule has 5 heteroatoms. The molecule has 0 saturated carbocycles. The zero-order valence-corrected chi connectivity index (χ0v) is 12.1. The molecule has 0 saturated heterocycles. The van der Waals surface area contributed by atoms with E-state index in [0.717, 1.165) is 29.8 Å². The minimum Gasteiger partial charge on any atom is -0.469 e. The van der Waals surface area contributed by atoms with Crippen molar-refractivity contribution in [2.45, 2.75) is 32.6 Å². The molecule has 19 heavy (non-hydrogen) atoms. The maximum atomic E-state index is 11.1. The first-order chi connectivity index (χ1) is 9.15. The van der Waals surface area contributed by atoms with Gasteiger partial charge >= 0.3 is 5.97 Å². The molecule has 0 fully saturated rings. The van der Waals surface area contributed by atoms with Crippen LogP contribution in [-0.2, 0) is 22.4 Å². The van der Waals surface area contributed by atoms with E-state index in [4.69, 9.17) is 0 Å². The second-order valence-electron chi connectivity index (χ2n) is 4.92. The summed E-state index contributed by atoms with van der Waals surface area (Å²) in [6, 6.07) is 2.30. The molecule has 1 heterocycles. The number of hydrogen-bond acceptors (Lipinski definition) is 5. The van der Waals surface area contributed by atoms with Gasteiger partial charge in [0, 0.05) is 11.4 Å². The molecule has 0 aromatic carbocycles. The van der Waals surface area contributed by atoms with Crippen LogP contribution >= 0.6 is 11.3 Å². The Bertz CT molecular complexity index is 516. The number of anilines is 1. The Kier molecular flexibility index (Phi) is 4.43. The van der Waals surface area contributed by atoms with Crippen molar-refractivity contribution in [2.75, 3.05) is 19.0 Å². The number of carbonyl (C=O) groups excluding carboxylic acids is 1. The molecular weight excluding hydrogens is 260 g/mol. The summed E-state index contributed by atoms with van der Waals surface area (Å²) in [6.07, 6.45) is 3.53. The second kappa shape index (κ2) is 6.07. The van der Waals surface area contributed by atoms with E-state index in [0.29, 0.717) is 18.9 Å². The van der Waals surface area contributed by atoms with Gasteiger partial charge in [-0.25, -0.2) is 0 Å². The summed E-state index contributed by atoms with van der Waals surface area (Å²) in [5.41, 5.74) is 1.99. The van der Waals surface area contributed by atoms with Crippen molar-refractivity contribution in [3.8, 4) is 6.07 Å². The number of methoxy groups -OCH3 is 1. The van der Waals surface area contributed by atoms with Crippen LogP contribution in [0, 0.1) is 17.2 Å². The average Bonchev–Trinajstić information content (AvgIpc) is 2.74. The highest BCUT2D eigenvalue weighted by Gasteiger charge is 2.23. The van der Waals surface area contributed by atoms with Gasteiger partial charge in [-0.15, -0.1) is 11.3 Å². The van der Waals surface area contributed by atoms with Gasteiger partial charge in [-0.3, -0.25) is 4.79 Å². The van der Waals surface area contributed by atoms with Crippen molar-refractivity contribution in [2.24, 2.45) is 5.92 Å². The third-order valence-corrected chi connectivity index (χ3v) is 4.68. The summed E-state index contributed by atoms with van der Waals surface area (Å²) >= 11 is 1.66. The van der Waals surface area contributed by atoms with E-state index < -0.39 is 0 Å². The summed E-state index contributed by atoms with van der Waals surface area (Å²) in [6.45, 7) is 2.76. The molecule has 1 aromatic rings. The number of carbonyl (C=O) groups is 1. The molecule has 0 spiro atoms. The summed E-state index contributed by atoms with van der Waals surface area (Å²) < 4.78 is 4.60. The number of hydrogen-bond donors (Lipinski definition) is 1. The minimum absolute atomic E-state index is 0.235. The van der Waals surface area contributed by atoms with Crippen molar-refractivity contribution in [3.05, 3.63) is 16.0 Å². The predicted molar refractivity (Wildman–Crippen MR) is 75.3 cm³/mol. The second-order valence-corrected chi connectivity index (χ2v) is 6.03. The van der Waals surface area contributed by atoms with Gasteiger partial charge < -0.3 is 10.1 Å². The fourth-order valence-corrected chi connectivity index (χ4v) is 3.76. The van der Waals surface area contributed by atoms with Crippen LogP contribution in [0.5, 0.6) is 0 Å². The largest absolute Gasteiger partial charge is 0.469 e. The van der Waals surface area contributed by atoms with E-state index in [2.05, 4.69) is 23.0 Å². The van der Waals surface area contributed by atoms with Gasteiger partial charge in [-0.2, -0.15) is 5.26 Å². The van der Waals surface area contributed by atoms with Gasteiger partial charge in [-0.05, 0) is 30.7 Å². The molecular formula is C14H18N2O2S. The fourth-order valence-electron chi connectivity index (χ4n) is 2.37. The fraction of sp³-hybridized carbons (Fsp3) is 0.571. The lowest BCUT2D eigenvalue weighted by Crippen LogP contribution is -2.10. The third-order valence-electron chi connectivity index (χ3n) is 3.47. The Labute approximate surface area is 117 Å². The molecule has 0 aliphatic heterocycles. The summed E-state index contributed by atoms with van der Waals surface area (Å²) in [5.74, 6) is 0.460. The number of ether oxygens (including phenoxy) is 1. The Balaban J connectivity index is 2.09. The lowest BCUT2D eigenvalue weighted by atomic mass is 9.89. The van der Waals surface area contributed by atoms with E-state index >= 15 is 0 Å². The van der Waals surface area contributed by atoms with Crippen LogP contribution in [0.25, 0.3) is 0 Å². The van der Waals surface area contributed by atoms with Gasteiger partial charge in [0.1, 0.15) is 11.1 Å². The topological polar surface area (TPSA) is 62.1 Å². The number of nitrogens with zero attached hydrogens (tertiary/aromatic N) is 1. The van der Waals surface area contributed by atoms with Crippen LogP contribution in [0.4, 0.5) is 5.00 Å². The molecule has 1 unspecified atom stereocenters. The highest BCUT2D eigenvalue weighted by atomic mass is 32.1. The summed E-state index contributed by atoms with van der Waals surface area (Å²) in [5, 5.41) is 13.4. The Morgan fingerprint density at radius 2 is 2.42 bits per heavy atom. The van der Waals surface area contributed by atoms with Crippen LogP contribution in [0.15, 0.2) is 0 Å². The number of esters is 1. The molecule has 0 bridgehead atoms. The smallest absolute Gasteiger partial charge is 0.307 e. The van der Waals surface area contributed by atoms with Crippen molar-refractivity contribution in [3.63, 3.8) is 0 Å². The van der Waals surface area contributed by atoms with Crippen molar-refractivity contribution >= 4 is 22.3 Å². The summed E-state index contributed by atoms with van der Waals surface area (Å²) in [7, 11) is 1.38. The molecule has 0 amide bonds. The zero-order chi connectivity index (χ0) is 13.8. The number of thiophene rings is 1. The molecule has 1 atom stereocenters. The first-order valence-electron chi connectivity index (χ1n) is 6.51. The first-order valence-corrected chi connectivity index (χ1v) is 7.32. The molecule has 102 valence electrons. The zero-order valence-electron chi connectivity index (χ0n) is 11.3. The van der Waals surface area contributed by atoms with E-state index in [1.807, 2.05) is 0 Å². The van der Waals surface area contributed by atoms with Gasteiger partial charge in [0.15, 0.2) is 0 Å². The average molecular weight is 278 g/mol. The molecule has 0 radical (unpaired) electrons. The number of nitriles is 1. The first kappa shape index (κ1) is 13.9. The summed E-state index contributed by atoms with van der Waals surface area (Å²) in [4.78, 5) is 12.4. The molecule has 1 aliphatic carbocycles. The molecule has 1 aromatic heterocycles. The van der Waals surface area contributed by atoms with Gasteiger partial charge in [0.25, 0.3) is 0 Å². The minimum atomic E-state index is -0.235. The van der Waals surface area contributed by atoms with Crippen LogP contribution in [0.2, 0.25) is 0 Å². The Hall–Kier alpha value is -1.54. The van der Waals surface area contributed by atoms with Crippen molar-refractivity contribution < 1.29 is 9.53 Å². The van der Waals surface area contributed by atoms with Crippen LogP contribution in [0.3, 0.4) is 0 Å². The third kappa shape index (κ3) is 3.07. The quantitative estimate of drug-likeness (QED) is 0.860. The molecule has 4 nitrogen and oxygen atoms in total. The van der Waals surface area contributed by atoms with E-state index in [1.54, 1.807) is 11.3 Å². The maximum absolute atomic E-state index is 11.1. The van der Waals surface area contributed by atoms with Crippen LogP contribution in [-0.4, -0.2) is 19.6 Å². The van der Waals surface area contributed by atoms with E-state index in [1.165, 1.54) is 17.6 Å². The number of fused-ring (bicyclic) bond motifs is 1. The lowest BCUT2D eigenvalue weighted by molar-refractivity contribution is -0.140.